The highest BCUT2D eigenvalue weighted by Gasteiger charge is 2.19. The van der Waals surface area contributed by atoms with Gasteiger partial charge in [-0.05, 0) is 24.3 Å². The number of aryl methyl sites for hydroxylation is 2. The summed E-state index contributed by atoms with van der Waals surface area (Å²) in [5.74, 6) is 0.333. The minimum Gasteiger partial charge on any atom is -0.350 e. The van der Waals surface area contributed by atoms with E-state index < -0.39 is 5.82 Å². The molecule has 0 aliphatic carbocycles. The van der Waals surface area contributed by atoms with Gasteiger partial charge in [-0.1, -0.05) is 16.8 Å². The molecule has 0 atom stereocenters. The van der Waals surface area contributed by atoms with Crippen LogP contribution in [0.25, 0.3) is 44.8 Å². The number of pyridine rings is 1. The van der Waals surface area contributed by atoms with Gasteiger partial charge in [0, 0.05) is 53.4 Å². The molecule has 5 rings (SSSR count). The van der Waals surface area contributed by atoms with E-state index in [1.807, 2.05) is 43.1 Å². The summed E-state index contributed by atoms with van der Waals surface area (Å²) in [6.45, 7) is 0. The monoisotopic (exact) mass is 381 g/mol. The molecule has 0 aliphatic heterocycles. The molecular formula is C19H13ClFN5O. The molecule has 27 heavy (non-hydrogen) atoms. The molecule has 4 heterocycles. The number of nitrogens with zero attached hydrogens (tertiary/aromatic N) is 5. The highest BCUT2D eigenvalue weighted by atomic mass is 35.5. The Kier molecular flexibility index (Phi) is 3.35. The van der Waals surface area contributed by atoms with Crippen molar-refractivity contribution >= 4 is 33.5 Å². The molecule has 0 radical (unpaired) electrons. The highest BCUT2D eigenvalue weighted by Crippen LogP contribution is 2.33. The molecular weight excluding hydrogens is 369 g/mol. The second-order valence-electron chi connectivity index (χ2n) is 6.42. The topological polar surface area (TPSA) is 61.7 Å². The Balaban J connectivity index is 1.68. The van der Waals surface area contributed by atoms with Crippen molar-refractivity contribution in [3.05, 3.63) is 53.7 Å². The van der Waals surface area contributed by atoms with Gasteiger partial charge in [0.2, 0.25) is 5.82 Å². The van der Waals surface area contributed by atoms with E-state index in [4.69, 9.17) is 16.1 Å². The first-order valence-corrected chi connectivity index (χ1v) is 8.58. The summed E-state index contributed by atoms with van der Waals surface area (Å²) in [7, 11) is 3.78. The lowest BCUT2D eigenvalue weighted by Crippen LogP contribution is -1.87. The maximum Gasteiger partial charge on any atom is 0.260 e. The third-order valence-corrected chi connectivity index (χ3v) is 4.86. The van der Waals surface area contributed by atoms with E-state index in [-0.39, 0.29) is 0 Å². The number of halogens is 2. The Morgan fingerprint density at radius 3 is 2.70 bits per heavy atom. The minimum absolute atomic E-state index is 0.307. The van der Waals surface area contributed by atoms with Gasteiger partial charge >= 0.3 is 0 Å². The number of rotatable bonds is 2. The molecule has 134 valence electrons. The molecule has 0 unspecified atom stereocenters. The average Bonchev–Trinajstić information content (AvgIpc) is 3.32. The van der Waals surface area contributed by atoms with E-state index in [1.165, 1.54) is 12.3 Å². The molecule has 0 spiro atoms. The van der Waals surface area contributed by atoms with Crippen LogP contribution in [0.4, 0.5) is 4.39 Å². The normalized spacial score (nSPS) is 11.7. The van der Waals surface area contributed by atoms with Gasteiger partial charge in [0.25, 0.3) is 5.89 Å². The van der Waals surface area contributed by atoms with E-state index in [0.29, 0.717) is 33.3 Å². The van der Waals surface area contributed by atoms with Crippen LogP contribution in [-0.2, 0) is 14.1 Å². The molecule has 0 aliphatic rings. The van der Waals surface area contributed by atoms with Crippen molar-refractivity contribution in [1.29, 1.82) is 0 Å². The molecule has 5 aromatic rings. The summed E-state index contributed by atoms with van der Waals surface area (Å²) in [6, 6.07) is 7.08. The first kappa shape index (κ1) is 16.0. The van der Waals surface area contributed by atoms with E-state index in [1.54, 1.807) is 10.8 Å². The number of fused-ring (bicyclic) bond motifs is 2. The van der Waals surface area contributed by atoms with Crippen molar-refractivity contribution in [2.45, 2.75) is 0 Å². The second kappa shape index (κ2) is 5.65. The van der Waals surface area contributed by atoms with Crippen LogP contribution in [0.1, 0.15) is 0 Å². The zero-order chi connectivity index (χ0) is 18.7. The molecule has 1 aromatic carbocycles. The van der Waals surface area contributed by atoms with Crippen molar-refractivity contribution in [2.24, 2.45) is 14.1 Å². The van der Waals surface area contributed by atoms with Crippen molar-refractivity contribution in [3.63, 3.8) is 0 Å². The Morgan fingerprint density at radius 1 is 1.04 bits per heavy atom. The molecule has 0 fully saturated rings. The predicted octanol–water partition coefficient (Wildman–Crippen LogP) is 4.57. The summed E-state index contributed by atoms with van der Waals surface area (Å²) in [5, 5.41) is 6.31. The standard InChI is InChI=1S/C19H13ClFN5O/c1-25-8-14(12-5-10(20)3-4-16(12)25)17-23-19(27-24-17)15-9-26(2)18-13(15)6-11(21)7-22-18/h3-9H,1-2H3. The SMILES string of the molecule is Cn1cc(-c2noc(-c3cn(C)c4ncc(F)cc34)n2)c2cc(Cl)ccc21. The smallest absolute Gasteiger partial charge is 0.260 e. The Hall–Kier alpha value is -3.19. The Morgan fingerprint density at radius 2 is 1.85 bits per heavy atom. The average molecular weight is 382 g/mol. The molecule has 4 aromatic heterocycles. The maximum atomic E-state index is 13.7. The van der Waals surface area contributed by atoms with Gasteiger partial charge in [-0.2, -0.15) is 4.98 Å². The second-order valence-corrected chi connectivity index (χ2v) is 6.85. The summed E-state index contributed by atoms with van der Waals surface area (Å²) in [5.41, 5.74) is 3.10. The zero-order valence-electron chi connectivity index (χ0n) is 14.4. The van der Waals surface area contributed by atoms with Crippen molar-refractivity contribution in [1.82, 2.24) is 24.3 Å². The van der Waals surface area contributed by atoms with Crippen LogP contribution >= 0.6 is 11.6 Å². The summed E-state index contributed by atoms with van der Waals surface area (Å²) < 4.78 is 22.9. The maximum absolute atomic E-state index is 13.7. The molecule has 0 saturated heterocycles. The lowest BCUT2D eigenvalue weighted by atomic mass is 10.1. The van der Waals surface area contributed by atoms with Crippen molar-refractivity contribution in [3.8, 4) is 22.8 Å². The molecule has 8 heteroatoms. The van der Waals surface area contributed by atoms with Crippen LogP contribution in [0.3, 0.4) is 0 Å². The van der Waals surface area contributed by atoms with E-state index >= 15 is 0 Å². The van der Waals surface area contributed by atoms with Gasteiger partial charge < -0.3 is 13.7 Å². The van der Waals surface area contributed by atoms with E-state index in [9.17, 15) is 4.39 Å². The van der Waals surface area contributed by atoms with Gasteiger partial charge in [-0.15, -0.1) is 0 Å². The molecule has 0 amide bonds. The summed E-state index contributed by atoms with van der Waals surface area (Å²) >= 11 is 6.15. The fraction of sp³-hybridized carbons (Fsp3) is 0.105. The van der Waals surface area contributed by atoms with Crippen LogP contribution in [0.5, 0.6) is 0 Å². The lowest BCUT2D eigenvalue weighted by molar-refractivity contribution is 0.432. The van der Waals surface area contributed by atoms with Gasteiger partial charge in [0.1, 0.15) is 11.5 Å². The minimum atomic E-state index is -0.418. The molecule has 0 N–H and O–H groups in total. The molecule has 6 nitrogen and oxygen atoms in total. The third-order valence-electron chi connectivity index (χ3n) is 4.63. The van der Waals surface area contributed by atoms with Gasteiger partial charge in [0.05, 0.1) is 11.8 Å². The fourth-order valence-corrected chi connectivity index (χ4v) is 3.56. The van der Waals surface area contributed by atoms with Gasteiger partial charge in [0.15, 0.2) is 0 Å². The first-order chi connectivity index (χ1) is 13.0. The van der Waals surface area contributed by atoms with Gasteiger partial charge in [-0.25, -0.2) is 9.37 Å². The zero-order valence-corrected chi connectivity index (χ0v) is 15.2. The molecule has 0 bridgehead atoms. The van der Waals surface area contributed by atoms with Crippen molar-refractivity contribution in [2.75, 3.05) is 0 Å². The van der Waals surface area contributed by atoms with Crippen LogP contribution in [0.15, 0.2) is 47.4 Å². The van der Waals surface area contributed by atoms with Gasteiger partial charge in [-0.3, -0.25) is 0 Å². The largest absolute Gasteiger partial charge is 0.350 e. The quantitative estimate of drug-likeness (QED) is 0.449. The van der Waals surface area contributed by atoms with Crippen LogP contribution in [0.2, 0.25) is 5.02 Å². The predicted molar refractivity (Wildman–Crippen MR) is 101 cm³/mol. The van der Waals surface area contributed by atoms with E-state index in [2.05, 4.69) is 15.1 Å². The number of benzene rings is 1. The summed E-state index contributed by atoms with van der Waals surface area (Å²) in [6.07, 6.45) is 4.92. The summed E-state index contributed by atoms with van der Waals surface area (Å²) in [4.78, 5) is 8.66. The number of hydrogen-bond donors (Lipinski definition) is 0. The Bertz CT molecular complexity index is 1230. The van der Waals surface area contributed by atoms with Crippen LogP contribution in [-0.4, -0.2) is 24.3 Å². The molecule has 0 saturated carbocycles. The highest BCUT2D eigenvalue weighted by molar-refractivity contribution is 6.31. The fourth-order valence-electron chi connectivity index (χ4n) is 3.39. The Labute approximate surface area is 157 Å². The van der Waals surface area contributed by atoms with Crippen LogP contribution < -0.4 is 0 Å². The first-order valence-electron chi connectivity index (χ1n) is 8.21. The number of aromatic nitrogens is 5. The van der Waals surface area contributed by atoms with E-state index in [0.717, 1.165) is 16.5 Å². The third kappa shape index (κ3) is 2.43. The lowest BCUT2D eigenvalue weighted by Gasteiger charge is -1.95. The number of hydrogen-bond acceptors (Lipinski definition) is 4. The van der Waals surface area contributed by atoms with Crippen LogP contribution in [0, 0.1) is 5.82 Å². The van der Waals surface area contributed by atoms with Crippen molar-refractivity contribution < 1.29 is 8.91 Å².